The molecule has 0 fully saturated rings. The minimum absolute atomic E-state index is 0.0169. The van der Waals surface area contributed by atoms with Crippen molar-refractivity contribution in [2.45, 2.75) is 26.1 Å². The lowest BCUT2D eigenvalue weighted by molar-refractivity contribution is -0.137. The summed E-state index contributed by atoms with van der Waals surface area (Å²) in [6.45, 7) is 3.75. The number of halogens is 5. The number of ether oxygens (including phenoxy) is 1. The van der Waals surface area contributed by atoms with Crippen molar-refractivity contribution in [3.05, 3.63) is 95.8 Å². The number of amides is 2. The summed E-state index contributed by atoms with van der Waals surface area (Å²) >= 11 is 1.39. The largest absolute Gasteiger partial charge is 0.453 e. The second-order valence-electron chi connectivity index (χ2n) is 9.76. The van der Waals surface area contributed by atoms with E-state index >= 15 is 4.39 Å². The number of carbonyl (C=O) groups excluding carboxylic acids is 1. The summed E-state index contributed by atoms with van der Waals surface area (Å²) in [6, 6.07) is 11.8. The Morgan fingerprint density at radius 2 is 1.80 bits per heavy atom. The molecule has 3 aromatic heterocycles. The van der Waals surface area contributed by atoms with Gasteiger partial charge in [-0.25, -0.2) is 13.6 Å². The number of urea groups is 1. The van der Waals surface area contributed by atoms with E-state index in [0.717, 1.165) is 48.8 Å². The molecule has 44 heavy (non-hydrogen) atoms. The molecule has 0 bridgehead atoms. The molecule has 0 saturated heterocycles. The monoisotopic (exact) mass is 627 g/mol. The van der Waals surface area contributed by atoms with Gasteiger partial charge in [-0.15, -0.1) is 11.3 Å². The van der Waals surface area contributed by atoms with Crippen LogP contribution in [0.3, 0.4) is 0 Å². The van der Waals surface area contributed by atoms with Crippen LogP contribution in [-0.4, -0.2) is 29.6 Å². The van der Waals surface area contributed by atoms with Crippen LogP contribution in [0.1, 0.15) is 24.5 Å². The van der Waals surface area contributed by atoms with Crippen molar-refractivity contribution in [2.24, 2.45) is 0 Å². The van der Waals surface area contributed by atoms with Crippen molar-refractivity contribution < 1.29 is 31.5 Å². The Morgan fingerprint density at radius 1 is 0.977 bits per heavy atom. The summed E-state index contributed by atoms with van der Waals surface area (Å²) in [7, 11) is 1.10. The summed E-state index contributed by atoms with van der Waals surface area (Å²) in [4.78, 5) is 23.1. The molecule has 0 aliphatic carbocycles. The van der Waals surface area contributed by atoms with Gasteiger partial charge in [-0.2, -0.15) is 13.2 Å². The first kappa shape index (κ1) is 30.8. The van der Waals surface area contributed by atoms with Gasteiger partial charge in [0.1, 0.15) is 11.6 Å². The van der Waals surface area contributed by atoms with Crippen molar-refractivity contribution in [3.8, 4) is 22.1 Å². The zero-order valence-corrected chi connectivity index (χ0v) is 24.3. The zero-order chi connectivity index (χ0) is 31.4. The van der Waals surface area contributed by atoms with Crippen LogP contribution in [0.25, 0.3) is 20.8 Å². The highest BCUT2D eigenvalue weighted by atomic mass is 32.1. The van der Waals surface area contributed by atoms with E-state index in [2.05, 4.69) is 27.5 Å². The van der Waals surface area contributed by atoms with Crippen LogP contribution >= 0.6 is 11.3 Å². The Kier molecular flexibility index (Phi) is 9.06. The van der Waals surface area contributed by atoms with Gasteiger partial charge in [0.15, 0.2) is 11.6 Å². The summed E-state index contributed by atoms with van der Waals surface area (Å²) in [5.41, 5.74) is 0.747. The third-order valence-corrected chi connectivity index (χ3v) is 7.71. The third kappa shape index (κ3) is 6.95. The number of alkyl halides is 3. The molecule has 0 spiro atoms. The molecule has 7 nitrogen and oxygen atoms in total. The van der Waals surface area contributed by atoms with E-state index in [-0.39, 0.29) is 11.4 Å². The molecule has 0 saturated carbocycles. The first-order valence-electron chi connectivity index (χ1n) is 13.5. The van der Waals surface area contributed by atoms with Crippen LogP contribution in [0.5, 0.6) is 11.5 Å². The maximum atomic E-state index is 15.1. The van der Waals surface area contributed by atoms with Crippen molar-refractivity contribution in [1.82, 2.24) is 15.3 Å². The van der Waals surface area contributed by atoms with Crippen LogP contribution in [0.15, 0.2) is 73.1 Å². The summed E-state index contributed by atoms with van der Waals surface area (Å²) < 4.78 is 75.1. The quantitative estimate of drug-likeness (QED) is 0.126. The van der Waals surface area contributed by atoms with E-state index in [0.29, 0.717) is 39.1 Å². The lowest BCUT2D eigenvalue weighted by atomic mass is 10.1. The number of nitrogens with one attached hydrogen (secondary N) is 2. The molecule has 13 heteroatoms. The first-order chi connectivity index (χ1) is 21.0. The van der Waals surface area contributed by atoms with Crippen LogP contribution < -0.4 is 20.3 Å². The van der Waals surface area contributed by atoms with Gasteiger partial charge in [-0.05, 0) is 61.0 Å². The lowest BCUT2D eigenvalue weighted by Crippen LogP contribution is -2.32. The molecular weight excluding hydrogens is 601 g/mol. The fraction of sp³-hybridized carbons (Fsp3) is 0.194. The number of hydrogen-bond donors (Lipinski definition) is 2. The minimum atomic E-state index is -4.72. The third-order valence-electron chi connectivity index (χ3n) is 6.55. The van der Waals surface area contributed by atoms with Gasteiger partial charge in [0.05, 0.1) is 32.0 Å². The van der Waals surface area contributed by atoms with Gasteiger partial charge in [0.2, 0.25) is 0 Å². The Hall–Kier alpha value is -4.62. The number of thiophene rings is 1. The lowest BCUT2D eigenvalue weighted by Gasteiger charge is -2.20. The van der Waals surface area contributed by atoms with Gasteiger partial charge in [-0.3, -0.25) is 14.9 Å². The number of carbonyl (C=O) groups is 1. The van der Waals surface area contributed by atoms with Crippen molar-refractivity contribution in [1.29, 1.82) is 0 Å². The molecule has 2 N–H and O–H groups in total. The summed E-state index contributed by atoms with van der Waals surface area (Å²) in [6.07, 6.45) is -0.324. The standard InChI is InChI=1S/C31H26F5N5O2S/c1-3-11-37-16-18-4-8-23(39-17-18)28-15-24-29(44-28)27(10-12-38-24)43-26-9-6-20(14-22(26)33)40-30(42)41(2)25-13-19(31(34,35)36)5-7-21(25)32/h4-10,12-15,17,37H,3,11,16H2,1-2H3,(H,40,42). The molecule has 0 atom stereocenters. The smallest absolute Gasteiger partial charge is 0.416 e. The van der Waals surface area contributed by atoms with E-state index in [1.54, 1.807) is 12.3 Å². The highest BCUT2D eigenvalue weighted by Gasteiger charge is 2.32. The Labute approximate surface area is 253 Å². The average Bonchev–Trinajstić information content (AvgIpc) is 3.44. The molecule has 5 rings (SSSR count). The minimum Gasteiger partial charge on any atom is -0.453 e. The van der Waals surface area contributed by atoms with Crippen LogP contribution in [0, 0.1) is 11.6 Å². The number of nitrogens with zero attached hydrogens (tertiary/aromatic N) is 3. The number of fused-ring (bicyclic) bond motifs is 1. The average molecular weight is 628 g/mol. The number of rotatable bonds is 9. The molecule has 0 aliphatic heterocycles. The number of aromatic nitrogens is 2. The predicted octanol–water partition coefficient (Wildman–Crippen LogP) is 8.62. The van der Waals surface area contributed by atoms with Gasteiger partial charge >= 0.3 is 12.2 Å². The Bertz CT molecular complexity index is 1790. The van der Waals surface area contributed by atoms with E-state index in [4.69, 9.17) is 4.74 Å². The van der Waals surface area contributed by atoms with E-state index < -0.39 is 35.1 Å². The highest BCUT2D eigenvalue weighted by molar-refractivity contribution is 7.22. The molecule has 228 valence electrons. The second kappa shape index (κ2) is 12.9. The Morgan fingerprint density at radius 3 is 2.50 bits per heavy atom. The number of pyridine rings is 2. The molecule has 2 aromatic carbocycles. The summed E-state index contributed by atoms with van der Waals surface area (Å²) in [5, 5.41) is 5.69. The van der Waals surface area contributed by atoms with Crippen LogP contribution in [-0.2, 0) is 12.7 Å². The molecular formula is C31H26F5N5O2S. The van der Waals surface area contributed by atoms with Crippen molar-refractivity contribution in [2.75, 3.05) is 23.8 Å². The van der Waals surface area contributed by atoms with Gasteiger partial charge in [-0.1, -0.05) is 13.0 Å². The van der Waals surface area contributed by atoms with Gasteiger partial charge in [0.25, 0.3) is 0 Å². The molecule has 0 aliphatic rings. The van der Waals surface area contributed by atoms with Crippen molar-refractivity contribution >= 4 is 39.0 Å². The molecule has 2 amide bonds. The number of anilines is 2. The normalized spacial score (nSPS) is 11.5. The highest BCUT2D eigenvalue weighted by Crippen LogP contribution is 2.39. The van der Waals surface area contributed by atoms with Crippen LogP contribution in [0.4, 0.5) is 38.1 Å². The second-order valence-corrected chi connectivity index (χ2v) is 10.8. The first-order valence-corrected chi connectivity index (χ1v) is 14.3. The fourth-order valence-corrected chi connectivity index (χ4v) is 5.29. The van der Waals surface area contributed by atoms with E-state index in [1.807, 2.05) is 24.4 Å². The molecule has 5 aromatic rings. The molecule has 3 heterocycles. The summed E-state index contributed by atoms with van der Waals surface area (Å²) in [5.74, 6) is -1.61. The van der Waals surface area contributed by atoms with E-state index in [1.165, 1.54) is 23.5 Å². The Balaban J connectivity index is 1.30. The zero-order valence-electron chi connectivity index (χ0n) is 23.5. The number of benzene rings is 2. The van der Waals surface area contributed by atoms with Gasteiger partial charge < -0.3 is 15.4 Å². The molecule has 0 unspecified atom stereocenters. The topological polar surface area (TPSA) is 79.4 Å². The van der Waals surface area contributed by atoms with Gasteiger partial charge in [0, 0.05) is 43.8 Å². The maximum absolute atomic E-state index is 15.1. The number of hydrogen-bond acceptors (Lipinski definition) is 6. The maximum Gasteiger partial charge on any atom is 0.416 e. The molecule has 0 radical (unpaired) electrons. The predicted molar refractivity (Wildman–Crippen MR) is 160 cm³/mol. The SMILES string of the molecule is CCCNCc1ccc(-c2cc3nccc(Oc4ccc(NC(=O)N(C)c5cc(C(F)(F)F)ccc5F)cc4F)c3s2)nc1. The van der Waals surface area contributed by atoms with E-state index in [9.17, 15) is 22.4 Å². The van der Waals surface area contributed by atoms with Crippen molar-refractivity contribution in [3.63, 3.8) is 0 Å². The van der Waals surface area contributed by atoms with Crippen LogP contribution in [0.2, 0.25) is 0 Å². The fourth-order valence-electron chi connectivity index (χ4n) is 4.25.